The minimum atomic E-state index is -4.38. The van der Waals surface area contributed by atoms with E-state index < -0.39 is 12.8 Å². The van der Waals surface area contributed by atoms with E-state index >= 15 is 0 Å². The number of aryl methyl sites for hydroxylation is 1. The van der Waals surface area contributed by atoms with E-state index in [2.05, 4.69) is 30.4 Å². The third-order valence-corrected chi connectivity index (χ3v) is 3.22. The highest BCUT2D eigenvalue weighted by molar-refractivity contribution is 14.0. The molecule has 0 spiro atoms. The van der Waals surface area contributed by atoms with Gasteiger partial charge < -0.3 is 15.4 Å². The average Bonchev–Trinajstić information content (AvgIpc) is 2.98. The summed E-state index contributed by atoms with van der Waals surface area (Å²) in [6.07, 6.45) is -1.22. The fourth-order valence-electron chi connectivity index (χ4n) is 1.91. The van der Waals surface area contributed by atoms with E-state index in [0.29, 0.717) is 19.0 Å². The Hall–Kier alpha value is -2.05. The normalized spacial score (nSPS) is 11.7. The van der Waals surface area contributed by atoms with Gasteiger partial charge in [0.25, 0.3) is 0 Å². The molecule has 0 bridgehead atoms. The van der Waals surface area contributed by atoms with E-state index in [1.165, 1.54) is 12.3 Å². The van der Waals surface area contributed by atoms with Crippen LogP contribution in [0.2, 0.25) is 0 Å². The molecule has 0 atom stereocenters. The van der Waals surface area contributed by atoms with Gasteiger partial charge in [-0.05, 0) is 11.6 Å². The van der Waals surface area contributed by atoms with Crippen molar-refractivity contribution in [2.45, 2.75) is 19.3 Å². The molecule has 0 radical (unpaired) electrons. The molecule has 11 heteroatoms. The summed E-state index contributed by atoms with van der Waals surface area (Å²) in [5, 5.41) is 10.3. The maximum Gasteiger partial charge on any atom is 0.422 e. The van der Waals surface area contributed by atoms with E-state index in [-0.39, 0.29) is 29.9 Å². The smallest absolute Gasteiger partial charge is 0.422 e. The van der Waals surface area contributed by atoms with Gasteiger partial charge >= 0.3 is 6.18 Å². The Balaban J connectivity index is 0.00000338. The number of aromatic nitrogens is 3. The maximum atomic E-state index is 12.1. The van der Waals surface area contributed by atoms with E-state index in [1.54, 1.807) is 24.0 Å². The first-order valence-electron chi connectivity index (χ1n) is 7.43. The maximum absolute atomic E-state index is 12.1. The van der Waals surface area contributed by atoms with Crippen LogP contribution >= 0.6 is 24.0 Å². The lowest BCUT2D eigenvalue weighted by Gasteiger charge is -2.12. The summed E-state index contributed by atoms with van der Waals surface area (Å²) in [5.41, 5.74) is 1.78. The fraction of sp³-hybridized carbons (Fsp3) is 0.400. The van der Waals surface area contributed by atoms with Crippen LogP contribution in [-0.4, -0.2) is 40.6 Å². The number of ether oxygens (including phenoxy) is 1. The highest BCUT2D eigenvalue weighted by Gasteiger charge is 2.28. The van der Waals surface area contributed by atoms with Gasteiger partial charge in [0.2, 0.25) is 5.88 Å². The SMILES string of the molecule is CN=C(NCc1ccc(OCC(F)(F)F)nc1)NCc1ccnn1C.I. The van der Waals surface area contributed by atoms with Crippen molar-refractivity contribution in [2.24, 2.45) is 12.0 Å². The molecule has 144 valence electrons. The van der Waals surface area contributed by atoms with Gasteiger partial charge in [0.15, 0.2) is 12.6 Å². The number of hydrogen-bond acceptors (Lipinski definition) is 4. The summed E-state index contributed by atoms with van der Waals surface area (Å²) in [7, 11) is 3.49. The molecule has 0 aliphatic carbocycles. The lowest BCUT2D eigenvalue weighted by Crippen LogP contribution is -2.36. The van der Waals surface area contributed by atoms with Gasteiger partial charge in [0, 0.05) is 39.1 Å². The number of alkyl halides is 3. The van der Waals surface area contributed by atoms with Gasteiger partial charge in [-0.2, -0.15) is 18.3 Å². The molecule has 0 aliphatic heterocycles. The quantitative estimate of drug-likeness (QED) is 0.374. The molecule has 2 rings (SSSR count). The number of pyridine rings is 1. The molecule has 0 aromatic carbocycles. The monoisotopic (exact) mass is 484 g/mol. The molecule has 2 aromatic rings. The first-order chi connectivity index (χ1) is 11.9. The molecule has 2 heterocycles. The van der Waals surface area contributed by atoms with E-state index in [1.807, 2.05) is 13.1 Å². The second kappa shape index (κ2) is 10.2. The predicted octanol–water partition coefficient (Wildman–Crippen LogP) is 2.24. The molecular formula is C15H20F3IN6O. The van der Waals surface area contributed by atoms with Gasteiger partial charge in [-0.25, -0.2) is 4.98 Å². The number of halogens is 4. The van der Waals surface area contributed by atoms with Gasteiger partial charge in [0.1, 0.15) is 0 Å². The first kappa shape index (κ1) is 22.0. The Morgan fingerprint density at radius 2 is 1.96 bits per heavy atom. The Morgan fingerprint density at radius 1 is 1.23 bits per heavy atom. The molecule has 0 fully saturated rings. The van der Waals surface area contributed by atoms with Crippen molar-refractivity contribution in [1.82, 2.24) is 25.4 Å². The Morgan fingerprint density at radius 3 is 2.50 bits per heavy atom. The molecule has 0 aliphatic rings. The zero-order chi connectivity index (χ0) is 18.3. The summed E-state index contributed by atoms with van der Waals surface area (Å²) in [6, 6.07) is 4.93. The third kappa shape index (κ3) is 7.45. The fourth-order valence-corrected chi connectivity index (χ4v) is 1.91. The van der Waals surface area contributed by atoms with E-state index in [4.69, 9.17) is 0 Å². The summed E-state index contributed by atoms with van der Waals surface area (Å²) in [4.78, 5) is 7.95. The second-order valence-corrected chi connectivity index (χ2v) is 5.13. The number of aliphatic imine (C=N–C) groups is 1. The number of nitrogens with zero attached hydrogens (tertiary/aromatic N) is 4. The van der Waals surface area contributed by atoms with Crippen LogP contribution < -0.4 is 15.4 Å². The number of guanidine groups is 1. The lowest BCUT2D eigenvalue weighted by atomic mass is 10.3. The first-order valence-corrected chi connectivity index (χ1v) is 7.43. The minimum Gasteiger partial charge on any atom is -0.468 e. The van der Waals surface area contributed by atoms with Crippen molar-refractivity contribution >= 4 is 29.9 Å². The van der Waals surface area contributed by atoms with Crippen LogP contribution in [0.15, 0.2) is 35.6 Å². The van der Waals surface area contributed by atoms with Crippen LogP contribution in [0.4, 0.5) is 13.2 Å². The van der Waals surface area contributed by atoms with Crippen molar-refractivity contribution in [3.8, 4) is 5.88 Å². The van der Waals surface area contributed by atoms with Crippen LogP contribution in [0.1, 0.15) is 11.3 Å². The third-order valence-electron chi connectivity index (χ3n) is 3.22. The highest BCUT2D eigenvalue weighted by Crippen LogP contribution is 2.16. The van der Waals surface area contributed by atoms with Gasteiger partial charge in [0.05, 0.1) is 12.2 Å². The van der Waals surface area contributed by atoms with Gasteiger partial charge in [-0.15, -0.1) is 24.0 Å². The molecule has 2 aromatic heterocycles. The number of rotatable bonds is 6. The van der Waals surface area contributed by atoms with Crippen molar-refractivity contribution < 1.29 is 17.9 Å². The largest absolute Gasteiger partial charge is 0.468 e. The topological polar surface area (TPSA) is 76.4 Å². The van der Waals surface area contributed by atoms with E-state index in [0.717, 1.165) is 11.3 Å². The van der Waals surface area contributed by atoms with Gasteiger partial charge in [-0.1, -0.05) is 6.07 Å². The molecule has 2 N–H and O–H groups in total. The molecule has 0 amide bonds. The summed E-state index contributed by atoms with van der Waals surface area (Å²) in [6.45, 7) is -0.390. The van der Waals surface area contributed by atoms with Crippen LogP contribution in [0.25, 0.3) is 0 Å². The van der Waals surface area contributed by atoms with Crippen molar-refractivity contribution in [2.75, 3.05) is 13.7 Å². The highest BCUT2D eigenvalue weighted by atomic mass is 127. The molecule has 0 saturated carbocycles. The molecule has 0 saturated heterocycles. The number of hydrogen-bond donors (Lipinski definition) is 2. The van der Waals surface area contributed by atoms with Crippen molar-refractivity contribution in [1.29, 1.82) is 0 Å². The van der Waals surface area contributed by atoms with Crippen LogP contribution in [-0.2, 0) is 20.1 Å². The molecule has 26 heavy (non-hydrogen) atoms. The zero-order valence-electron chi connectivity index (χ0n) is 14.2. The van der Waals surface area contributed by atoms with E-state index in [9.17, 15) is 13.2 Å². The minimum absolute atomic E-state index is 0. The zero-order valence-corrected chi connectivity index (χ0v) is 16.6. The van der Waals surface area contributed by atoms with Crippen molar-refractivity contribution in [3.63, 3.8) is 0 Å². The van der Waals surface area contributed by atoms with Crippen LogP contribution in [0.5, 0.6) is 5.88 Å². The molecular weight excluding hydrogens is 464 g/mol. The predicted molar refractivity (Wildman–Crippen MR) is 101 cm³/mol. The molecule has 0 unspecified atom stereocenters. The summed E-state index contributed by atoms with van der Waals surface area (Å²) < 4.78 is 42.6. The molecule has 7 nitrogen and oxygen atoms in total. The standard InChI is InChI=1S/C15H19F3N6O.HI/c1-19-14(22-9-12-5-6-23-24(12)2)21-8-11-3-4-13(20-7-11)25-10-15(16,17)18;/h3-7H,8-10H2,1-2H3,(H2,19,21,22);1H. The second-order valence-electron chi connectivity index (χ2n) is 5.13. The summed E-state index contributed by atoms with van der Waals surface area (Å²) in [5.74, 6) is 0.512. The van der Waals surface area contributed by atoms with Crippen LogP contribution in [0.3, 0.4) is 0 Å². The lowest BCUT2D eigenvalue weighted by molar-refractivity contribution is -0.154. The van der Waals surface area contributed by atoms with Crippen LogP contribution in [0, 0.1) is 0 Å². The Bertz CT molecular complexity index is 702. The number of nitrogens with one attached hydrogen (secondary N) is 2. The van der Waals surface area contributed by atoms with Crippen molar-refractivity contribution in [3.05, 3.63) is 41.9 Å². The Labute approximate surface area is 166 Å². The Kier molecular flexibility index (Phi) is 8.61. The summed E-state index contributed by atoms with van der Waals surface area (Å²) >= 11 is 0. The average molecular weight is 484 g/mol. The van der Waals surface area contributed by atoms with Gasteiger partial charge in [-0.3, -0.25) is 9.67 Å².